The molecule has 0 bridgehead atoms. The van der Waals surface area contributed by atoms with Crippen LogP contribution in [0.2, 0.25) is 0 Å². The highest BCUT2D eigenvalue weighted by molar-refractivity contribution is 9.09. The fourth-order valence-corrected chi connectivity index (χ4v) is 2.07. The van der Waals surface area contributed by atoms with Gasteiger partial charge in [-0.3, -0.25) is 4.90 Å². The largest absolute Gasteiger partial charge is 0.383 e. The average molecular weight is 290 g/mol. The van der Waals surface area contributed by atoms with Crippen molar-refractivity contribution in [3.8, 4) is 0 Å². The van der Waals surface area contributed by atoms with E-state index in [4.69, 9.17) is 4.74 Å². The van der Waals surface area contributed by atoms with Crippen molar-refractivity contribution in [2.75, 3.05) is 38.7 Å². The van der Waals surface area contributed by atoms with Gasteiger partial charge in [-0.1, -0.05) is 15.9 Å². The molecule has 0 fully saturated rings. The van der Waals surface area contributed by atoms with E-state index in [9.17, 15) is 0 Å². The normalized spacial score (nSPS) is 11.2. The maximum atomic E-state index is 5.10. The predicted octanol–water partition coefficient (Wildman–Crippen LogP) is 1.53. The summed E-state index contributed by atoms with van der Waals surface area (Å²) in [6, 6.07) is 0. The molecule has 4 nitrogen and oxygen atoms in total. The first-order chi connectivity index (χ1) is 7.77. The minimum absolute atomic E-state index is 0.788. The highest BCUT2D eigenvalue weighted by atomic mass is 79.9. The number of rotatable bonds is 8. The van der Waals surface area contributed by atoms with Crippen molar-refractivity contribution < 1.29 is 4.74 Å². The number of hydrogen-bond donors (Lipinski definition) is 0. The van der Waals surface area contributed by atoms with Crippen molar-refractivity contribution in [1.82, 2.24) is 14.5 Å². The molecule has 1 rings (SSSR count). The zero-order valence-electron chi connectivity index (χ0n) is 10.0. The van der Waals surface area contributed by atoms with Gasteiger partial charge in [0.2, 0.25) is 0 Å². The molecule has 0 aromatic carbocycles. The van der Waals surface area contributed by atoms with E-state index in [1.165, 1.54) is 0 Å². The second-order valence-corrected chi connectivity index (χ2v) is 4.48. The Bertz CT molecular complexity index is 291. The van der Waals surface area contributed by atoms with Crippen LogP contribution in [0, 0.1) is 6.92 Å². The molecule has 1 heterocycles. The Kier molecular flexibility index (Phi) is 6.68. The molecule has 0 unspecified atom stereocenters. The summed E-state index contributed by atoms with van der Waals surface area (Å²) in [7, 11) is 1.74. The van der Waals surface area contributed by atoms with Crippen LogP contribution in [-0.2, 0) is 11.3 Å². The van der Waals surface area contributed by atoms with Crippen molar-refractivity contribution >= 4 is 15.9 Å². The number of methoxy groups -OCH3 is 1. The smallest absolute Gasteiger partial charge is 0.105 e. The van der Waals surface area contributed by atoms with Gasteiger partial charge in [-0.2, -0.15) is 0 Å². The first-order valence-corrected chi connectivity index (χ1v) is 6.65. The molecule has 0 radical (unpaired) electrons. The van der Waals surface area contributed by atoms with Crippen LogP contribution in [0.1, 0.15) is 5.82 Å². The molecule has 0 saturated carbocycles. The Balaban J connectivity index is 2.34. The number of ether oxygens (including phenoxy) is 1. The van der Waals surface area contributed by atoms with Crippen molar-refractivity contribution in [1.29, 1.82) is 0 Å². The van der Waals surface area contributed by atoms with Gasteiger partial charge in [0.25, 0.3) is 0 Å². The number of imidazole rings is 1. The molecular weight excluding hydrogens is 270 g/mol. The van der Waals surface area contributed by atoms with E-state index in [0.29, 0.717) is 0 Å². The minimum atomic E-state index is 0.788. The molecule has 0 amide bonds. The van der Waals surface area contributed by atoms with Crippen LogP contribution in [0.4, 0.5) is 0 Å². The lowest BCUT2D eigenvalue weighted by Crippen LogP contribution is -2.32. The number of nitrogens with zero attached hydrogens (tertiary/aromatic N) is 3. The van der Waals surface area contributed by atoms with Gasteiger partial charge in [-0.25, -0.2) is 4.98 Å². The summed E-state index contributed by atoms with van der Waals surface area (Å²) < 4.78 is 7.28. The molecule has 5 heteroatoms. The molecule has 0 aliphatic carbocycles. The average Bonchev–Trinajstić information content (AvgIpc) is 2.68. The number of aryl methyl sites for hydroxylation is 1. The second-order valence-electron chi connectivity index (χ2n) is 3.69. The Labute approximate surface area is 106 Å². The third kappa shape index (κ3) is 4.63. The van der Waals surface area contributed by atoms with Crippen LogP contribution < -0.4 is 0 Å². The monoisotopic (exact) mass is 289 g/mol. The number of aromatic nitrogens is 2. The third-order valence-corrected chi connectivity index (χ3v) is 2.95. The standard InChI is InChI=1S/C11H20BrN3O/c1-11-13-4-6-15(11)8-7-14(5-3-12)9-10-16-2/h4,6H,3,5,7-10H2,1-2H3. The Hall–Kier alpha value is -0.390. The minimum Gasteiger partial charge on any atom is -0.383 e. The van der Waals surface area contributed by atoms with Crippen LogP contribution in [0.5, 0.6) is 0 Å². The van der Waals surface area contributed by atoms with Gasteiger partial charge in [-0.05, 0) is 6.92 Å². The van der Waals surface area contributed by atoms with Gasteiger partial charge in [-0.15, -0.1) is 0 Å². The van der Waals surface area contributed by atoms with E-state index in [2.05, 4.69) is 30.4 Å². The molecule has 0 spiro atoms. The van der Waals surface area contributed by atoms with Crippen molar-refractivity contribution in [2.24, 2.45) is 0 Å². The number of hydrogen-bond acceptors (Lipinski definition) is 3. The first-order valence-electron chi connectivity index (χ1n) is 5.53. The summed E-state index contributed by atoms with van der Waals surface area (Å²) in [6.45, 7) is 6.88. The van der Waals surface area contributed by atoms with Crippen LogP contribution in [0.15, 0.2) is 12.4 Å². The van der Waals surface area contributed by atoms with Crippen LogP contribution in [0.3, 0.4) is 0 Å². The van der Waals surface area contributed by atoms with Gasteiger partial charge < -0.3 is 9.30 Å². The maximum absolute atomic E-state index is 5.10. The summed E-state index contributed by atoms with van der Waals surface area (Å²) in [4.78, 5) is 6.60. The summed E-state index contributed by atoms with van der Waals surface area (Å²) in [6.07, 6.45) is 3.87. The van der Waals surface area contributed by atoms with Crippen molar-refractivity contribution in [2.45, 2.75) is 13.5 Å². The lowest BCUT2D eigenvalue weighted by atomic mass is 10.4. The molecule has 1 aromatic rings. The highest BCUT2D eigenvalue weighted by Gasteiger charge is 2.04. The van der Waals surface area contributed by atoms with E-state index in [1.807, 2.05) is 19.3 Å². The second kappa shape index (κ2) is 7.81. The fourth-order valence-electron chi connectivity index (χ4n) is 1.56. The number of halogens is 1. The van der Waals surface area contributed by atoms with Crippen LogP contribution >= 0.6 is 15.9 Å². The van der Waals surface area contributed by atoms with Crippen molar-refractivity contribution in [3.05, 3.63) is 18.2 Å². The zero-order chi connectivity index (χ0) is 11.8. The lowest BCUT2D eigenvalue weighted by Gasteiger charge is -2.21. The maximum Gasteiger partial charge on any atom is 0.105 e. The molecule has 92 valence electrons. The third-order valence-electron chi connectivity index (χ3n) is 2.59. The summed E-state index contributed by atoms with van der Waals surface area (Å²) in [5, 5.41) is 1.000. The van der Waals surface area contributed by atoms with Crippen LogP contribution in [0.25, 0.3) is 0 Å². The van der Waals surface area contributed by atoms with E-state index in [0.717, 1.165) is 43.9 Å². The Morgan fingerprint density at radius 3 is 2.81 bits per heavy atom. The Morgan fingerprint density at radius 1 is 1.44 bits per heavy atom. The van der Waals surface area contributed by atoms with Gasteiger partial charge in [0, 0.05) is 51.0 Å². The molecule has 0 aliphatic heterocycles. The summed E-state index contributed by atoms with van der Waals surface area (Å²) >= 11 is 3.47. The predicted molar refractivity (Wildman–Crippen MR) is 69.1 cm³/mol. The fraction of sp³-hybridized carbons (Fsp3) is 0.727. The molecule has 0 atom stereocenters. The molecular formula is C11H20BrN3O. The molecule has 16 heavy (non-hydrogen) atoms. The lowest BCUT2D eigenvalue weighted by molar-refractivity contribution is 0.149. The molecule has 0 saturated heterocycles. The zero-order valence-corrected chi connectivity index (χ0v) is 11.6. The van der Waals surface area contributed by atoms with E-state index < -0.39 is 0 Å². The summed E-state index contributed by atoms with van der Waals surface area (Å²) in [5.41, 5.74) is 0. The number of alkyl halides is 1. The molecule has 0 N–H and O–H groups in total. The van der Waals surface area contributed by atoms with E-state index in [-0.39, 0.29) is 0 Å². The SMILES string of the molecule is COCCN(CCBr)CCn1ccnc1C. The van der Waals surface area contributed by atoms with Gasteiger partial charge in [0.1, 0.15) is 5.82 Å². The van der Waals surface area contributed by atoms with E-state index in [1.54, 1.807) is 7.11 Å². The van der Waals surface area contributed by atoms with Crippen molar-refractivity contribution in [3.63, 3.8) is 0 Å². The van der Waals surface area contributed by atoms with Crippen LogP contribution in [-0.4, -0.2) is 53.1 Å². The Morgan fingerprint density at radius 2 is 2.25 bits per heavy atom. The summed E-state index contributed by atoms with van der Waals surface area (Å²) in [5.74, 6) is 1.07. The van der Waals surface area contributed by atoms with Gasteiger partial charge in [0.15, 0.2) is 0 Å². The first kappa shape index (κ1) is 13.7. The quantitative estimate of drug-likeness (QED) is 0.680. The van der Waals surface area contributed by atoms with Gasteiger partial charge in [0.05, 0.1) is 6.61 Å². The van der Waals surface area contributed by atoms with E-state index >= 15 is 0 Å². The molecule has 0 aliphatic rings. The van der Waals surface area contributed by atoms with Gasteiger partial charge >= 0.3 is 0 Å². The highest BCUT2D eigenvalue weighted by Crippen LogP contribution is 1.98. The molecule has 1 aromatic heterocycles. The topological polar surface area (TPSA) is 30.3 Å².